The lowest BCUT2D eigenvalue weighted by atomic mass is 10.0. The number of rotatable bonds is 11. The molecule has 1 aliphatic rings. The SMILES string of the molecule is CCOc1ccc(C(=O)NCC(=O)NC2CCN(Cc3cccc(OC)c3)CC2)cc1OCC. The molecule has 3 rings (SSSR count). The van der Waals surface area contributed by atoms with Crippen molar-refractivity contribution in [2.75, 3.05) is 40.0 Å². The molecule has 0 aromatic heterocycles. The minimum atomic E-state index is -0.327. The number of ether oxygens (including phenoxy) is 3. The highest BCUT2D eigenvalue weighted by Crippen LogP contribution is 2.28. The second-order valence-electron chi connectivity index (χ2n) is 8.18. The van der Waals surface area contributed by atoms with Crippen LogP contribution < -0.4 is 24.8 Å². The standard InChI is InChI=1S/C26H35N3O5/c1-4-33-23-10-9-20(16-24(23)34-5-2)26(31)27-17-25(30)28-21-11-13-29(14-12-21)18-19-7-6-8-22(15-19)32-3/h6-10,15-16,21H,4-5,11-14,17-18H2,1-3H3,(H,27,31)(H,28,30). The third-order valence-electron chi connectivity index (χ3n) is 5.71. The number of carbonyl (C=O) groups is 2. The predicted molar refractivity (Wildman–Crippen MR) is 131 cm³/mol. The van der Waals surface area contributed by atoms with E-state index in [1.807, 2.05) is 26.0 Å². The molecule has 8 nitrogen and oxygen atoms in total. The summed E-state index contributed by atoms with van der Waals surface area (Å²) < 4.78 is 16.4. The summed E-state index contributed by atoms with van der Waals surface area (Å²) in [7, 11) is 1.67. The second-order valence-corrected chi connectivity index (χ2v) is 8.18. The van der Waals surface area contributed by atoms with E-state index in [1.54, 1.807) is 25.3 Å². The van der Waals surface area contributed by atoms with Gasteiger partial charge in [0.15, 0.2) is 11.5 Å². The Kier molecular flexibility index (Phi) is 9.58. The van der Waals surface area contributed by atoms with Gasteiger partial charge in [0.05, 0.1) is 26.9 Å². The third-order valence-corrected chi connectivity index (χ3v) is 5.71. The third kappa shape index (κ3) is 7.38. The van der Waals surface area contributed by atoms with Gasteiger partial charge in [0, 0.05) is 31.2 Å². The van der Waals surface area contributed by atoms with Crippen LogP contribution in [0.3, 0.4) is 0 Å². The Labute approximate surface area is 201 Å². The Morgan fingerprint density at radius 1 is 1.00 bits per heavy atom. The van der Waals surface area contributed by atoms with E-state index >= 15 is 0 Å². The van der Waals surface area contributed by atoms with Gasteiger partial charge in [-0.25, -0.2) is 0 Å². The van der Waals surface area contributed by atoms with E-state index in [9.17, 15) is 9.59 Å². The number of benzene rings is 2. The van der Waals surface area contributed by atoms with E-state index in [2.05, 4.69) is 27.7 Å². The number of nitrogens with zero attached hydrogens (tertiary/aromatic N) is 1. The molecule has 0 aliphatic carbocycles. The first-order chi connectivity index (χ1) is 16.5. The van der Waals surface area contributed by atoms with E-state index in [0.717, 1.165) is 38.2 Å². The van der Waals surface area contributed by atoms with Crippen molar-refractivity contribution in [2.45, 2.75) is 39.3 Å². The predicted octanol–water partition coefficient (Wildman–Crippen LogP) is 3.00. The Hall–Kier alpha value is -3.26. The monoisotopic (exact) mass is 469 g/mol. The zero-order valence-corrected chi connectivity index (χ0v) is 20.3. The highest BCUT2D eigenvalue weighted by atomic mass is 16.5. The van der Waals surface area contributed by atoms with Crippen LogP contribution in [0.1, 0.15) is 42.6 Å². The van der Waals surface area contributed by atoms with Crippen LogP contribution in [0.25, 0.3) is 0 Å². The maximum Gasteiger partial charge on any atom is 0.251 e. The molecule has 1 fully saturated rings. The number of nitrogens with one attached hydrogen (secondary N) is 2. The summed E-state index contributed by atoms with van der Waals surface area (Å²) in [5.74, 6) is 1.46. The summed E-state index contributed by atoms with van der Waals surface area (Å²) >= 11 is 0. The quantitative estimate of drug-likeness (QED) is 0.526. The van der Waals surface area contributed by atoms with Gasteiger partial charge in [0.1, 0.15) is 5.75 Å². The Balaban J connectivity index is 1.42. The van der Waals surface area contributed by atoms with E-state index < -0.39 is 0 Å². The van der Waals surface area contributed by atoms with Crippen LogP contribution in [-0.2, 0) is 11.3 Å². The van der Waals surface area contributed by atoms with Gasteiger partial charge in [0.25, 0.3) is 5.91 Å². The van der Waals surface area contributed by atoms with Crippen molar-refractivity contribution < 1.29 is 23.8 Å². The lowest BCUT2D eigenvalue weighted by Gasteiger charge is -2.32. The van der Waals surface area contributed by atoms with Crippen molar-refractivity contribution in [3.63, 3.8) is 0 Å². The van der Waals surface area contributed by atoms with Crippen LogP contribution in [0, 0.1) is 0 Å². The molecule has 1 saturated heterocycles. The minimum absolute atomic E-state index is 0.0694. The van der Waals surface area contributed by atoms with Gasteiger partial charge < -0.3 is 24.8 Å². The maximum absolute atomic E-state index is 12.5. The molecule has 2 N–H and O–H groups in total. The topological polar surface area (TPSA) is 89.1 Å². The maximum atomic E-state index is 12.5. The number of hydrogen-bond donors (Lipinski definition) is 2. The average Bonchev–Trinajstić information content (AvgIpc) is 2.85. The Morgan fingerprint density at radius 3 is 2.44 bits per heavy atom. The number of hydrogen-bond acceptors (Lipinski definition) is 6. The molecule has 0 atom stereocenters. The molecule has 2 aromatic carbocycles. The molecular weight excluding hydrogens is 434 g/mol. The molecule has 8 heteroatoms. The van der Waals surface area contributed by atoms with Crippen LogP contribution in [0.5, 0.6) is 17.2 Å². The molecule has 0 saturated carbocycles. The van der Waals surface area contributed by atoms with Gasteiger partial charge >= 0.3 is 0 Å². The van der Waals surface area contributed by atoms with Gasteiger partial charge in [-0.15, -0.1) is 0 Å². The fourth-order valence-corrected chi connectivity index (χ4v) is 4.00. The molecule has 2 aromatic rings. The molecule has 0 bridgehead atoms. The fraction of sp³-hybridized carbons (Fsp3) is 0.462. The van der Waals surface area contributed by atoms with Crippen LogP contribution in [0.2, 0.25) is 0 Å². The zero-order valence-electron chi connectivity index (χ0n) is 20.3. The summed E-state index contributed by atoms with van der Waals surface area (Å²) in [4.78, 5) is 27.3. The van der Waals surface area contributed by atoms with Gasteiger partial charge in [-0.05, 0) is 62.6 Å². The molecule has 1 heterocycles. The highest BCUT2D eigenvalue weighted by Gasteiger charge is 2.21. The van der Waals surface area contributed by atoms with Gasteiger partial charge in [-0.1, -0.05) is 12.1 Å². The lowest BCUT2D eigenvalue weighted by Crippen LogP contribution is -2.47. The molecule has 34 heavy (non-hydrogen) atoms. The number of carbonyl (C=O) groups excluding carboxylic acids is 2. The first-order valence-electron chi connectivity index (χ1n) is 11.8. The lowest BCUT2D eigenvalue weighted by molar-refractivity contribution is -0.121. The van der Waals surface area contributed by atoms with Crippen LogP contribution in [-0.4, -0.2) is 62.7 Å². The van der Waals surface area contributed by atoms with Gasteiger partial charge in [0.2, 0.25) is 5.91 Å². The Morgan fingerprint density at radius 2 is 1.74 bits per heavy atom. The molecule has 2 amide bonds. The highest BCUT2D eigenvalue weighted by molar-refractivity contribution is 5.97. The van der Waals surface area contributed by atoms with Crippen LogP contribution >= 0.6 is 0 Å². The van der Waals surface area contributed by atoms with Crippen molar-refractivity contribution in [2.24, 2.45) is 0 Å². The average molecular weight is 470 g/mol. The van der Waals surface area contributed by atoms with Crippen molar-refractivity contribution >= 4 is 11.8 Å². The second kappa shape index (κ2) is 12.8. The van der Waals surface area contributed by atoms with Crippen molar-refractivity contribution in [1.29, 1.82) is 0 Å². The summed E-state index contributed by atoms with van der Waals surface area (Å²) in [6, 6.07) is 13.2. The molecule has 0 radical (unpaired) electrons. The van der Waals surface area contributed by atoms with E-state index in [-0.39, 0.29) is 24.4 Å². The van der Waals surface area contributed by atoms with Crippen LogP contribution in [0.15, 0.2) is 42.5 Å². The first kappa shape index (κ1) is 25.4. The summed E-state index contributed by atoms with van der Waals surface area (Å²) in [6.45, 7) is 7.33. The first-order valence-corrected chi connectivity index (χ1v) is 11.8. The summed E-state index contributed by atoms with van der Waals surface area (Å²) in [5.41, 5.74) is 1.64. The normalized spacial score (nSPS) is 14.3. The minimum Gasteiger partial charge on any atom is -0.497 e. The summed E-state index contributed by atoms with van der Waals surface area (Å²) in [5, 5.41) is 5.73. The van der Waals surface area contributed by atoms with Crippen molar-refractivity contribution in [1.82, 2.24) is 15.5 Å². The number of methoxy groups -OCH3 is 1. The van der Waals surface area contributed by atoms with E-state index in [1.165, 1.54) is 5.56 Å². The van der Waals surface area contributed by atoms with Crippen LogP contribution in [0.4, 0.5) is 0 Å². The van der Waals surface area contributed by atoms with E-state index in [0.29, 0.717) is 30.3 Å². The van der Waals surface area contributed by atoms with Crippen molar-refractivity contribution in [3.8, 4) is 17.2 Å². The number of piperidine rings is 1. The fourth-order valence-electron chi connectivity index (χ4n) is 4.00. The van der Waals surface area contributed by atoms with Gasteiger partial charge in [-0.3, -0.25) is 14.5 Å². The molecule has 1 aliphatic heterocycles. The Bertz CT molecular complexity index is 957. The van der Waals surface area contributed by atoms with Crippen molar-refractivity contribution in [3.05, 3.63) is 53.6 Å². The summed E-state index contributed by atoms with van der Waals surface area (Å²) in [6.07, 6.45) is 1.75. The largest absolute Gasteiger partial charge is 0.497 e. The van der Waals surface area contributed by atoms with Gasteiger partial charge in [-0.2, -0.15) is 0 Å². The molecule has 0 spiro atoms. The smallest absolute Gasteiger partial charge is 0.251 e. The van der Waals surface area contributed by atoms with E-state index in [4.69, 9.17) is 14.2 Å². The molecule has 0 unspecified atom stereocenters. The molecule has 184 valence electrons. The number of likely N-dealkylation sites (tertiary alicyclic amines) is 1. The zero-order chi connectivity index (χ0) is 24.3. The molecular formula is C26H35N3O5. The number of amides is 2.